The van der Waals surface area contributed by atoms with Crippen LogP contribution in [0.3, 0.4) is 0 Å². The molecule has 2 fully saturated rings. The number of Topliss-reactive ketones (excluding diaryl/α,β-unsaturated/α-hetero) is 2. The van der Waals surface area contributed by atoms with E-state index in [1.165, 1.54) is 0 Å². The summed E-state index contributed by atoms with van der Waals surface area (Å²) in [5.74, 6) is 0.736. The molecule has 2 aliphatic rings. The van der Waals surface area contributed by atoms with Crippen molar-refractivity contribution < 1.29 is 9.59 Å². The van der Waals surface area contributed by atoms with E-state index in [0.29, 0.717) is 11.8 Å². The predicted molar refractivity (Wildman–Crippen MR) is 113 cm³/mol. The van der Waals surface area contributed by atoms with E-state index in [1.54, 1.807) is 23.5 Å². The van der Waals surface area contributed by atoms with Crippen molar-refractivity contribution in [3.8, 4) is 0 Å². The molecule has 27 heavy (non-hydrogen) atoms. The molecule has 0 saturated heterocycles. The van der Waals surface area contributed by atoms with Crippen LogP contribution in [0.4, 0.5) is 0 Å². The number of carbonyl (C=O) groups excluding carboxylic acids is 2. The highest BCUT2D eigenvalue weighted by Gasteiger charge is 2.53. The van der Waals surface area contributed by atoms with Gasteiger partial charge in [0.15, 0.2) is 11.6 Å². The SMILES string of the molecule is CSc1ccc(C(=O)C2C(C(=O)c3ccc(SC)cc3)[C@H]3CC[C@@H]2C3)cc1. The van der Waals surface area contributed by atoms with Gasteiger partial charge in [0, 0.05) is 32.8 Å². The van der Waals surface area contributed by atoms with Crippen molar-refractivity contribution in [1.29, 1.82) is 0 Å². The highest BCUT2D eigenvalue weighted by Crippen LogP contribution is 2.54. The van der Waals surface area contributed by atoms with Crippen LogP contribution in [0.15, 0.2) is 58.3 Å². The topological polar surface area (TPSA) is 34.1 Å². The van der Waals surface area contributed by atoms with Crippen molar-refractivity contribution >= 4 is 35.1 Å². The van der Waals surface area contributed by atoms with Gasteiger partial charge in [0.25, 0.3) is 0 Å². The Labute approximate surface area is 169 Å². The van der Waals surface area contributed by atoms with Crippen molar-refractivity contribution in [3.63, 3.8) is 0 Å². The van der Waals surface area contributed by atoms with E-state index in [4.69, 9.17) is 0 Å². The Bertz CT molecular complexity index is 770. The van der Waals surface area contributed by atoms with Crippen molar-refractivity contribution in [2.75, 3.05) is 12.5 Å². The summed E-state index contributed by atoms with van der Waals surface area (Å²) in [7, 11) is 0. The van der Waals surface area contributed by atoms with Gasteiger partial charge in [-0.15, -0.1) is 23.5 Å². The third-order valence-electron chi connectivity index (χ3n) is 6.27. The van der Waals surface area contributed by atoms with E-state index < -0.39 is 0 Å². The molecular formula is C23H24O2S2. The molecule has 0 heterocycles. The second kappa shape index (κ2) is 7.84. The summed E-state index contributed by atoms with van der Waals surface area (Å²) < 4.78 is 0. The maximum Gasteiger partial charge on any atom is 0.166 e. The van der Waals surface area contributed by atoms with Crippen molar-refractivity contribution in [2.24, 2.45) is 23.7 Å². The van der Waals surface area contributed by atoms with Gasteiger partial charge in [-0.1, -0.05) is 24.3 Å². The van der Waals surface area contributed by atoms with E-state index in [9.17, 15) is 9.59 Å². The van der Waals surface area contributed by atoms with E-state index in [2.05, 4.69) is 0 Å². The summed E-state index contributed by atoms with van der Waals surface area (Å²) in [6.07, 6.45) is 7.25. The molecule has 2 aromatic carbocycles. The minimum Gasteiger partial charge on any atom is -0.294 e. The van der Waals surface area contributed by atoms with Gasteiger partial charge >= 0.3 is 0 Å². The molecule has 4 atom stereocenters. The van der Waals surface area contributed by atoms with Gasteiger partial charge in [-0.25, -0.2) is 0 Å². The normalized spacial score (nSPS) is 26.3. The Kier molecular flexibility index (Phi) is 5.47. The van der Waals surface area contributed by atoms with Gasteiger partial charge in [0.1, 0.15) is 0 Å². The molecule has 0 radical (unpaired) electrons. The molecule has 0 spiro atoms. The third kappa shape index (κ3) is 3.50. The standard InChI is InChI=1S/C23H24O2S2/c1-26-18-9-5-14(6-10-18)22(24)20-16-3-4-17(13-16)21(20)23(25)15-7-11-19(27-2)12-8-15/h5-12,16-17,20-21H,3-4,13H2,1-2H3/t16-,17+,20?,21?. The lowest BCUT2D eigenvalue weighted by Crippen LogP contribution is -2.35. The van der Waals surface area contributed by atoms with Gasteiger partial charge in [0.05, 0.1) is 0 Å². The minimum absolute atomic E-state index is 0.156. The maximum atomic E-state index is 13.3. The monoisotopic (exact) mass is 396 g/mol. The number of benzene rings is 2. The Hall–Kier alpha value is -1.52. The van der Waals surface area contributed by atoms with Crippen LogP contribution in [0.5, 0.6) is 0 Å². The fraction of sp³-hybridized carbons (Fsp3) is 0.391. The smallest absolute Gasteiger partial charge is 0.166 e. The third-order valence-corrected chi connectivity index (χ3v) is 7.76. The van der Waals surface area contributed by atoms with Gasteiger partial charge in [-0.2, -0.15) is 0 Å². The molecule has 2 unspecified atom stereocenters. The van der Waals surface area contributed by atoms with E-state index >= 15 is 0 Å². The summed E-state index contributed by atoms with van der Waals surface area (Å²) in [6.45, 7) is 0. The summed E-state index contributed by atoms with van der Waals surface area (Å²) in [4.78, 5) is 28.9. The van der Waals surface area contributed by atoms with Gasteiger partial charge in [-0.05, 0) is 67.9 Å². The first-order valence-electron chi connectivity index (χ1n) is 9.49. The lowest BCUT2D eigenvalue weighted by Gasteiger charge is -2.29. The maximum absolute atomic E-state index is 13.3. The van der Waals surface area contributed by atoms with Crippen LogP contribution in [0.2, 0.25) is 0 Å². The number of ketones is 2. The van der Waals surface area contributed by atoms with Gasteiger partial charge < -0.3 is 0 Å². The van der Waals surface area contributed by atoms with E-state index in [1.807, 2.05) is 61.0 Å². The van der Waals surface area contributed by atoms with Gasteiger partial charge in [0.2, 0.25) is 0 Å². The first-order valence-corrected chi connectivity index (χ1v) is 11.9. The fourth-order valence-corrected chi connectivity index (χ4v) is 5.76. The van der Waals surface area contributed by atoms with Crippen LogP contribution in [-0.4, -0.2) is 24.1 Å². The van der Waals surface area contributed by atoms with E-state index in [0.717, 1.165) is 40.2 Å². The van der Waals surface area contributed by atoms with Crippen LogP contribution < -0.4 is 0 Å². The molecule has 140 valence electrons. The Balaban J connectivity index is 1.61. The van der Waals surface area contributed by atoms with Crippen LogP contribution >= 0.6 is 23.5 Å². The van der Waals surface area contributed by atoms with Gasteiger partial charge in [-0.3, -0.25) is 9.59 Å². The fourth-order valence-electron chi connectivity index (χ4n) is 4.94. The Morgan fingerprint density at radius 2 is 1.07 bits per heavy atom. The molecule has 4 heteroatoms. The van der Waals surface area contributed by atoms with Crippen LogP contribution in [0.1, 0.15) is 40.0 Å². The lowest BCUT2D eigenvalue weighted by atomic mass is 9.72. The van der Waals surface area contributed by atoms with Crippen molar-refractivity contribution in [2.45, 2.75) is 29.1 Å². The largest absolute Gasteiger partial charge is 0.294 e. The molecule has 0 aromatic heterocycles. The number of hydrogen-bond acceptors (Lipinski definition) is 4. The zero-order chi connectivity index (χ0) is 19.0. The second-order valence-electron chi connectivity index (χ2n) is 7.57. The number of hydrogen-bond donors (Lipinski definition) is 0. The Morgan fingerprint density at radius 1 is 0.704 bits per heavy atom. The number of rotatable bonds is 6. The molecule has 2 aliphatic carbocycles. The van der Waals surface area contributed by atoms with Crippen LogP contribution in [-0.2, 0) is 0 Å². The average Bonchev–Trinajstić information content (AvgIpc) is 3.34. The van der Waals surface area contributed by atoms with E-state index in [-0.39, 0.29) is 23.4 Å². The molecule has 4 rings (SSSR count). The predicted octanol–water partition coefficient (Wildman–Crippen LogP) is 5.86. The number of carbonyl (C=O) groups is 2. The van der Waals surface area contributed by atoms with Crippen LogP contribution in [0, 0.1) is 23.7 Å². The molecular weight excluding hydrogens is 372 g/mol. The minimum atomic E-state index is -0.156. The summed E-state index contributed by atoms with van der Waals surface area (Å²) in [6, 6.07) is 15.7. The molecule has 0 aliphatic heterocycles. The first-order chi connectivity index (χ1) is 13.1. The second-order valence-corrected chi connectivity index (χ2v) is 9.33. The summed E-state index contributed by atoms with van der Waals surface area (Å²) in [5, 5.41) is 0. The number of thioether (sulfide) groups is 2. The molecule has 2 aromatic rings. The summed E-state index contributed by atoms with van der Waals surface area (Å²) in [5.41, 5.74) is 1.50. The molecule has 2 bridgehead atoms. The summed E-state index contributed by atoms with van der Waals surface area (Å²) >= 11 is 3.34. The molecule has 0 N–H and O–H groups in total. The highest BCUT2D eigenvalue weighted by molar-refractivity contribution is 7.98. The quantitative estimate of drug-likeness (QED) is 0.452. The highest BCUT2D eigenvalue weighted by atomic mass is 32.2. The Morgan fingerprint density at radius 3 is 1.41 bits per heavy atom. The average molecular weight is 397 g/mol. The van der Waals surface area contributed by atoms with Crippen molar-refractivity contribution in [1.82, 2.24) is 0 Å². The molecule has 0 amide bonds. The number of fused-ring (bicyclic) bond motifs is 2. The zero-order valence-electron chi connectivity index (χ0n) is 15.7. The molecule has 2 nitrogen and oxygen atoms in total. The first kappa shape index (κ1) is 18.8. The molecule has 2 saturated carbocycles. The lowest BCUT2D eigenvalue weighted by molar-refractivity contribution is 0.0694. The van der Waals surface area contributed by atoms with Crippen molar-refractivity contribution in [3.05, 3.63) is 59.7 Å². The van der Waals surface area contributed by atoms with Crippen LogP contribution in [0.25, 0.3) is 0 Å². The zero-order valence-corrected chi connectivity index (χ0v) is 17.3.